The van der Waals surface area contributed by atoms with Gasteiger partial charge in [0.25, 0.3) is 0 Å². The van der Waals surface area contributed by atoms with Gasteiger partial charge in [-0.25, -0.2) is 4.79 Å². The van der Waals surface area contributed by atoms with Crippen molar-refractivity contribution in [3.8, 4) is 0 Å². The van der Waals surface area contributed by atoms with Crippen molar-refractivity contribution in [1.82, 2.24) is 10.2 Å². The molecule has 0 aliphatic heterocycles. The molecule has 0 saturated heterocycles. The van der Waals surface area contributed by atoms with Crippen LogP contribution in [-0.2, 0) is 16.1 Å². The highest BCUT2D eigenvalue weighted by Gasteiger charge is 2.23. The average Bonchev–Trinajstić information content (AvgIpc) is 3.05. The van der Waals surface area contributed by atoms with Gasteiger partial charge in [-0.1, -0.05) is 0 Å². The van der Waals surface area contributed by atoms with E-state index < -0.39 is 5.97 Å². The first-order valence-corrected chi connectivity index (χ1v) is 7.38. The van der Waals surface area contributed by atoms with Crippen LogP contribution in [0, 0.1) is 0 Å². The minimum absolute atomic E-state index is 0.0502. The summed E-state index contributed by atoms with van der Waals surface area (Å²) in [5.74, 6) is -0.909. The highest BCUT2D eigenvalue weighted by molar-refractivity contribution is 7.10. The molecule has 1 aromatic rings. The molecular weight excluding hydrogens is 276 g/mol. The molecule has 0 bridgehead atoms. The first-order valence-electron chi connectivity index (χ1n) is 6.50. The molecule has 5 nitrogen and oxygen atoms in total. The van der Waals surface area contributed by atoms with Crippen molar-refractivity contribution in [3.63, 3.8) is 0 Å². The van der Waals surface area contributed by atoms with Gasteiger partial charge in [0.05, 0.1) is 6.54 Å². The Hall–Kier alpha value is -1.66. The predicted molar refractivity (Wildman–Crippen MR) is 78.5 cm³/mol. The third-order valence-corrected chi connectivity index (χ3v) is 3.88. The Morgan fingerprint density at radius 3 is 2.95 bits per heavy atom. The normalized spacial score (nSPS) is 14.9. The van der Waals surface area contributed by atoms with Crippen LogP contribution in [0.1, 0.15) is 23.3 Å². The molecule has 1 fully saturated rings. The molecule has 1 amide bonds. The number of carboxylic acids is 1. The number of hydrogen-bond acceptors (Lipinski definition) is 4. The van der Waals surface area contributed by atoms with E-state index in [2.05, 4.69) is 5.32 Å². The molecule has 0 aromatic carbocycles. The summed E-state index contributed by atoms with van der Waals surface area (Å²) in [5, 5.41) is 13.5. The summed E-state index contributed by atoms with van der Waals surface area (Å²) in [4.78, 5) is 25.2. The summed E-state index contributed by atoms with van der Waals surface area (Å²) >= 11 is 1.57. The highest BCUT2D eigenvalue weighted by atomic mass is 32.1. The first-order chi connectivity index (χ1) is 9.54. The molecule has 1 heterocycles. The van der Waals surface area contributed by atoms with E-state index >= 15 is 0 Å². The smallest absolute Gasteiger partial charge is 0.328 e. The third-order valence-electron chi connectivity index (χ3n) is 2.95. The highest BCUT2D eigenvalue weighted by Crippen LogP contribution is 2.20. The van der Waals surface area contributed by atoms with Gasteiger partial charge < -0.3 is 10.4 Å². The van der Waals surface area contributed by atoms with Crippen molar-refractivity contribution in [2.75, 3.05) is 13.6 Å². The Labute approximate surface area is 121 Å². The van der Waals surface area contributed by atoms with Crippen molar-refractivity contribution < 1.29 is 14.7 Å². The zero-order chi connectivity index (χ0) is 14.5. The van der Waals surface area contributed by atoms with Crippen molar-refractivity contribution in [3.05, 3.63) is 28.0 Å². The number of rotatable bonds is 7. The van der Waals surface area contributed by atoms with Crippen LogP contribution >= 0.6 is 11.3 Å². The van der Waals surface area contributed by atoms with Crippen molar-refractivity contribution in [2.45, 2.75) is 25.4 Å². The number of carboxylic acid groups (broad SMARTS) is 1. The van der Waals surface area contributed by atoms with Gasteiger partial charge in [-0.3, -0.25) is 9.69 Å². The van der Waals surface area contributed by atoms with Gasteiger partial charge >= 0.3 is 5.97 Å². The Morgan fingerprint density at radius 2 is 2.30 bits per heavy atom. The van der Waals surface area contributed by atoms with Gasteiger partial charge in [-0.05, 0) is 43.0 Å². The molecule has 0 atom stereocenters. The van der Waals surface area contributed by atoms with E-state index in [9.17, 15) is 9.59 Å². The van der Waals surface area contributed by atoms with Crippen LogP contribution in [0.2, 0.25) is 0 Å². The lowest BCUT2D eigenvalue weighted by atomic mass is 10.2. The molecule has 108 valence electrons. The maximum absolute atomic E-state index is 11.7. The minimum atomic E-state index is -0.959. The topological polar surface area (TPSA) is 69.6 Å². The second-order valence-corrected chi connectivity index (χ2v) is 5.99. The number of carbonyl (C=O) groups is 2. The fourth-order valence-electron chi connectivity index (χ4n) is 1.84. The van der Waals surface area contributed by atoms with Gasteiger partial charge in [-0.2, -0.15) is 0 Å². The summed E-state index contributed by atoms with van der Waals surface area (Å²) < 4.78 is 0. The fourth-order valence-corrected chi connectivity index (χ4v) is 2.78. The van der Waals surface area contributed by atoms with Crippen LogP contribution in [0.4, 0.5) is 0 Å². The average molecular weight is 294 g/mol. The molecule has 2 rings (SSSR count). The molecule has 20 heavy (non-hydrogen) atoms. The second kappa shape index (κ2) is 6.67. The van der Waals surface area contributed by atoms with Crippen LogP contribution in [0.15, 0.2) is 17.5 Å². The predicted octanol–water partition coefficient (Wildman–Crippen LogP) is 1.56. The monoisotopic (exact) mass is 294 g/mol. The lowest BCUT2D eigenvalue weighted by molar-refractivity contribution is -0.131. The quantitative estimate of drug-likeness (QED) is 0.749. The molecule has 0 spiro atoms. The van der Waals surface area contributed by atoms with Gasteiger partial charge in [0.15, 0.2) is 0 Å². The van der Waals surface area contributed by atoms with Crippen molar-refractivity contribution in [2.24, 2.45) is 0 Å². The first kappa shape index (κ1) is 14.7. The van der Waals surface area contributed by atoms with Crippen molar-refractivity contribution >= 4 is 29.3 Å². The molecule has 0 radical (unpaired) electrons. The number of carbonyl (C=O) groups excluding carboxylic acids is 1. The number of aliphatic carboxylic acids is 1. The van der Waals surface area contributed by atoms with Crippen LogP contribution in [-0.4, -0.2) is 41.5 Å². The van der Waals surface area contributed by atoms with E-state index in [4.69, 9.17) is 5.11 Å². The molecular formula is C14H18N2O3S. The zero-order valence-electron chi connectivity index (χ0n) is 11.3. The summed E-state index contributed by atoms with van der Waals surface area (Å²) in [6.45, 7) is 0.992. The largest absolute Gasteiger partial charge is 0.478 e. The van der Waals surface area contributed by atoms with Gasteiger partial charge in [0.2, 0.25) is 5.91 Å². The van der Waals surface area contributed by atoms with Crippen LogP contribution < -0.4 is 5.32 Å². The molecule has 1 saturated carbocycles. The van der Waals surface area contributed by atoms with Crippen LogP contribution in [0.3, 0.4) is 0 Å². The van der Waals surface area contributed by atoms with E-state index in [1.54, 1.807) is 17.4 Å². The summed E-state index contributed by atoms with van der Waals surface area (Å²) in [7, 11) is 1.89. The Balaban J connectivity index is 1.86. The molecule has 1 aromatic heterocycles. The Kier molecular flexibility index (Phi) is 4.92. The number of likely N-dealkylation sites (N-methyl/N-ethyl adjacent to an activating group) is 1. The minimum Gasteiger partial charge on any atom is -0.478 e. The van der Waals surface area contributed by atoms with Gasteiger partial charge in [0.1, 0.15) is 0 Å². The number of hydrogen-bond donors (Lipinski definition) is 2. The van der Waals surface area contributed by atoms with Crippen LogP contribution in [0.25, 0.3) is 6.08 Å². The maximum Gasteiger partial charge on any atom is 0.328 e. The molecule has 1 aliphatic carbocycles. The third kappa shape index (κ3) is 4.79. The summed E-state index contributed by atoms with van der Waals surface area (Å²) in [6.07, 6.45) is 4.90. The number of nitrogens with zero attached hydrogens (tertiary/aromatic N) is 1. The van der Waals surface area contributed by atoms with E-state index in [0.717, 1.165) is 29.4 Å². The SMILES string of the molecule is CN(CC(=O)NC1CC1)Cc1sccc1C=CC(=O)O. The Morgan fingerprint density at radius 1 is 1.55 bits per heavy atom. The maximum atomic E-state index is 11.7. The molecule has 0 unspecified atom stereocenters. The van der Waals surface area contributed by atoms with Crippen molar-refractivity contribution in [1.29, 1.82) is 0 Å². The number of nitrogens with one attached hydrogen (secondary N) is 1. The lowest BCUT2D eigenvalue weighted by Gasteiger charge is -2.15. The second-order valence-electron chi connectivity index (χ2n) is 4.98. The summed E-state index contributed by atoms with van der Waals surface area (Å²) in [6, 6.07) is 2.27. The summed E-state index contributed by atoms with van der Waals surface area (Å²) in [5.41, 5.74) is 0.895. The fraction of sp³-hybridized carbons (Fsp3) is 0.429. The van der Waals surface area contributed by atoms with Crippen LogP contribution in [0.5, 0.6) is 0 Å². The Bertz CT molecular complexity index is 520. The van der Waals surface area contributed by atoms with E-state index in [-0.39, 0.29) is 5.91 Å². The lowest BCUT2D eigenvalue weighted by Crippen LogP contribution is -2.35. The number of thiophene rings is 1. The standard InChI is InChI=1S/C14H18N2O3S/c1-16(9-13(17)15-11-3-4-11)8-12-10(6-7-20-12)2-5-14(18)19/h2,5-7,11H,3-4,8-9H2,1H3,(H,15,17)(H,18,19). The molecule has 2 N–H and O–H groups in total. The number of amides is 1. The van der Waals surface area contributed by atoms with E-state index in [0.29, 0.717) is 19.1 Å². The molecule has 6 heteroatoms. The van der Waals surface area contributed by atoms with E-state index in [1.807, 2.05) is 23.4 Å². The van der Waals surface area contributed by atoms with Gasteiger partial charge in [0, 0.05) is 23.5 Å². The van der Waals surface area contributed by atoms with E-state index in [1.165, 1.54) is 0 Å². The zero-order valence-corrected chi connectivity index (χ0v) is 12.2. The molecule has 1 aliphatic rings. The van der Waals surface area contributed by atoms with Gasteiger partial charge in [-0.15, -0.1) is 11.3 Å².